The highest BCUT2D eigenvalue weighted by molar-refractivity contribution is 7.89. The van der Waals surface area contributed by atoms with Gasteiger partial charge in [-0.2, -0.15) is 4.31 Å². The maximum atomic E-state index is 13.3. The minimum Gasteiger partial charge on any atom is -0.486 e. The molecule has 31 heavy (non-hydrogen) atoms. The van der Waals surface area contributed by atoms with Crippen molar-refractivity contribution in [2.24, 2.45) is 0 Å². The Kier molecular flexibility index (Phi) is 7.51. The van der Waals surface area contributed by atoms with Crippen molar-refractivity contribution in [1.29, 1.82) is 0 Å². The van der Waals surface area contributed by atoms with Crippen molar-refractivity contribution in [3.63, 3.8) is 0 Å². The van der Waals surface area contributed by atoms with Crippen molar-refractivity contribution in [3.05, 3.63) is 75.2 Å². The predicted molar refractivity (Wildman–Crippen MR) is 126 cm³/mol. The maximum Gasteiger partial charge on any atom is 0.243 e. The van der Waals surface area contributed by atoms with Gasteiger partial charge in [-0.15, -0.1) is 11.3 Å². The van der Waals surface area contributed by atoms with Crippen LogP contribution in [-0.2, 0) is 23.2 Å². The van der Waals surface area contributed by atoms with Gasteiger partial charge in [0.2, 0.25) is 10.0 Å². The molecule has 1 aromatic heterocycles. The van der Waals surface area contributed by atoms with E-state index in [0.717, 1.165) is 34.0 Å². The number of rotatable bonds is 9. The van der Waals surface area contributed by atoms with Gasteiger partial charge in [0.1, 0.15) is 17.4 Å². The summed E-state index contributed by atoms with van der Waals surface area (Å²) in [5.74, 6) is 0.847. The topological polar surface area (TPSA) is 59.5 Å². The summed E-state index contributed by atoms with van der Waals surface area (Å²) >= 11 is 1.49. The standard InChI is InChI=1S/C24H30N2O3S2/c1-6-19(4)26(31(27,28)22-12-10-17(2)11-13-22)14-21-16-30-24(25-21)15-29-23-9-7-8-18(3)20(23)5/h7-13,16,19H,6,14-15H2,1-5H3/t19-/m0/s1. The Labute approximate surface area is 189 Å². The lowest BCUT2D eigenvalue weighted by Crippen LogP contribution is -2.37. The molecule has 0 saturated carbocycles. The molecule has 5 nitrogen and oxygen atoms in total. The Bertz CT molecular complexity index is 1120. The predicted octanol–water partition coefficient (Wildman–Crippen LogP) is 5.64. The van der Waals surface area contributed by atoms with Gasteiger partial charge >= 0.3 is 0 Å². The van der Waals surface area contributed by atoms with Crippen molar-refractivity contribution >= 4 is 21.4 Å². The van der Waals surface area contributed by atoms with Gasteiger partial charge < -0.3 is 4.74 Å². The molecule has 0 aliphatic carbocycles. The molecule has 2 aromatic carbocycles. The van der Waals surface area contributed by atoms with Gasteiger partial charge in [0.25, 0.3) is 0 Å². The number of aromatic nitrogens is 1. The number of aryl methyl sites for hydroxylation is 2. The van der Waals surface area contributed by atoms with Gasteiger partial charge in [0.15, 0.2) is 0 Å². The summed E-state index contributed by atoms with van der Waals surface area (Å²) in [6.45, 7) is 10.6. The third kappa shape index (κ3) is 5.53. The van der Waals surface area contributed by atoms with Gasteiger partial charge in [-0.1, -0.05) is 36.8 Å². The molecule has 1 atom stereocenters. The molecule has 166 valence electrons. The molecule has 0 N–H and O–H groups in total. The number of nitrogens with zero attached hydrogens (tertiary/aromatic N) is 2. The van der Waals surface area contributed by atoms with Gasteiger partial charge in [-0.25, -0.2) is 13.4 Å². The normalized spacial score (nSPS) is 12.8. The van der Waals surface area contributed by atoms with E-state index in [2.05, 4.69) is 18.0 Å². The molecule has 0 bridgehead atoms. The first kappa shape index (κ1) is 23.4. The second-order valence-corrected chi connectivity index (χ2v) is 10.7. The van der Waals surface area contributed by atoms with Crippen LogP contribution in [0.1, 0.15) is 47.7 Å². The Balaban J connectivity index is 1.76. The molecule has 0 saturated heterocycles. The minimum absolute atomic E-state index is 0.136. The van der Waals surface area contributed by atoms with E-state index < -0.39 is 10.0 Å². The van der Waals surface area contributed by atoms with Gasteiger partial charge in [0, 0.05) is 11.4 Å². The van der Waals surface area contributed by atoms with Crippen molar-refractivity contribution in [2.45, 2.75) is 65.1 Å². The van der Waals surface area contributed by atoms with Crippen LogP contribution in [0.15, 0.2) is 52.7 Å². The number of hydrogen-bond donors (Lipinski definition) is 0. The lowest BCUT2D eigenvalue weighted by Gasteiger charge is -2.27. The zero-order chi connectivity index (χ0) is 22.6. The van der Waals surface area contributed by atoms with Crippen LogP contribution in [0.4, 0.5) is 0 Å². The zero-order valence-electron chi connectivity index (χ0n) is 18.8. The summed E-state index contributed by atoms with van der Waals surface area (Å²) in [6.07, 6.45) is 0.720. The van der Waals surface area contributed by atoms with E-state index in [1.165, 1.54) is 16.9 Å². The Hall–Kier alpha value is -2.22. The highest BCUT2D eigenvalue weighted by Gasteiger charge is 2.29. The lowest BCUT2D eigenvalue weighted by molar-refractivity contribution is 0.300. The first-order valence-electron chi connectivity index (χ1n) is 10.4. The van der Waals surface area contributed by atoms with Crippen LogP contribution < -0.4 is 4.74 Å². The summed E-state index contributed by atoms with van der Waals surface area (Å²) in [6, 6.07) is 12.8. The molecule has 3 aromatic rings. The molecule has 3 rings (SSSR count). The number of thiazole rings is 1. The quantitative estimate of drug-likeness (QED) is 0.416. The summed E-state index contributed by atoms with van der Waals surface area (Å²) < 4.78 is 34.1. The molecule has 0 fully saturated rings. The highest BCUT2D eigenvalue weighted by Crippen LogP contribution is 2.25. The average molecular weight is 459 g/mol. The largest absolute Gasteiger partial charge is 0.486 e. The van der Waals surface area contributed by atoms with E-state index in [9.17, 15) is 8.42 Å². The van der Waals surface area contributed by atoms with E-state index in [0.29, 0.717) is 11.5 Å². The van der Waals surface area contributed by atoms with Crippen molar-refractivity contribution in [2.75, 3.05) is 0 Å². The number of ether oxygens (including phenoxy) is 1. The number of sulfonamides is 1. The molecule has 1 heterocycles. The Morgan fingerprint density at radius 3 is 2.48 bits per heavy atom. The zero-order valence-corrected chi connectivity index (χ0v) is 20.4. The Morgan fingerprint density at radius 1 is 1.10 bits per heavy atom. The van der Waals surface area contributed by atoms with Gasteiger partial charge in [-0.05, 0) is 63.4 Å². The number of hydrogen-bond acceptors (Lipinski definition) is 5. The van der Waals surface area contributed by atoms with E-state index in [1.54, 1.807) is 16.4 Å². The smallest absolute Gasteiger partial charge is 0.243 e. The third-order valence-corrected chi connectivity index (χ3v) is 8.38. The van der Waals surface area contributed by atoms with E-state index >= 15 is 0 Å². The summed E-state index contributed by atoms with van der Waals surface area (Å²) in [5, 5.41) is 2.75. The van der Waals surface area contributed by atoms with Crippen LogP contribution >= 0.6 is 11.3 Å². The van der Waals surface area contributed by atoms with Crippen LogP contribution in [-0.4, -0.2) is 23.7 Å². The van der Waals surface area contributed by atoms with Gasteiger partial charge in [-0.3, -0.25) is 0 Å². The van der Waals surface area contributed by atoms with E-state index in [1.807, 2.05) is 57.3 Å². The summed E-state index contributed by atoms with van der Waals surface area (Å²) in [7, 11) is -3.62. The maximum absolute atomic E-state index is 13.3. The Morgan fingerprint density at radius 2 is 1.81 bits per heavy atom. The van der Waals surface area contributed by atoms with Crippen molar-refractivity contribution in [3.8, 4) is 5.75 Å². The average Bonchev–Trinajstić information content (AvgIpc) is 3.20. The van der Waals surface area contributed by atoms with Crippen LogP contribution in [0.5, 0.6) is 5.75 Å². The molecule has 0 unspecified atom stereocenters. The molecule has 0 spiro atoms. The highest BCUT2D eigenvalue weighted by atomic mass is 32.2. The van der Waals surface area contributed by atoms with Crippen molar-refractivity contribution < 1.29 is 13.2 Å². The van der Waals surface area contributed by atoms with Crippen LogP contribution in [0.2, 0.25) is 0 Å². The second kappa shape index (κ2) is 9.94. The fourth-order valence-electron chi connectivity index (χ4n) is 3.19. The van der Waals surface area contributed by atoms with Crippen molar-refractivity contribution in [1.82, 2.24) is 9.29 Å². The van der Waals surface area contributed by atoms with E-state index in [-0.39, 0.29) is 12.6 Å². The first-order valence-corrected chi connectivity index (χ1v) is 12.7. The summed E-state index contributed by atoms with van der Waals surface area (Å²) in [4.78, 5) is 4.95. The van der Waals surface area contributed by atoms with Crippen LogP contribution in [0, 0.1) is 20.8 Å². The van der Waals surface area contributed by atoms with Crippen LogP contribution in [0.25, 0.3) is 0 Å². The molecule has 0 amide bonds. The molecule has 7 heteroatoms. The monoisotopic (exact) mass is 458 g/mol. The van der Waals surface area contributed by atoms with E-state index in [4.69, 9.17) is 4.74 Å². The molecular formula is C24H30N2O3S2. The second-order valence-electron chi connectivity index (χ2n) is 7.84. The molecular weight excluding hydrogens is 428 g/mol. The summed E-state index contributed by atoms with van der Waals surface area (Å²) in [5.41, 5.74) is 4.07. The van der Waals surface area contributed by atoms with Crippen LogP contribution in [0.3, 0.4) is 0 Å². The molecule has 0 aliphatic heterocycles. The minimum atomic E-state index is -3.62. The third-order valence-electron chi connectivity index (χ3n) is 5.53. The number of benzene rings is 2. The fourth-order valence-corrected chi connectivity index (χ4v) is 5.57. The SMILES string of the molecule is CC[C@H](C)N(Cc1csc(COc2cccc(C)c2C)n1)S(=O)(=O)c1ccc(C)cc1. The first-order chi connectivity index (χ1) is 14.7. The van der Waals surface area contributed by atoms with Gasteiger partial charge in [0.05, 0.1) is 17.1 Å². The molecule has 0 aliphatic rings. The lowest BCUT2D eigenvalue weighted by atomic mass is 10.1. The molecule has 0 radical (unpaired) electrons. The fraction of sp³-hybridized carbons (Fsp3) is 0.375.